The van der Waals surface area contributed by atoms with Gasteiger partial charge in [0.25, 0.3) is 0 Å². The molecule has 7 heteroatoms. The van der Waals surface area contributed by atoms with Crippen LogP contribution in [0.25, 0.3) is 0 Å². The first kappa shape index (κ1) is 19.9. The zero-order valence-electron chi connectivity index (χ0n) is 16.4. The predicted molar refractivity (Wildman–Crippen MR) is 113 cm³/mol. The summed E-state index contributed by atoms with van der Waals surface area (Å²) in [7, 11) is -3.45. The number of sulfonamides is 1. The Morgan fingerprint density at radius 1 is 1.11 bits per heavy atom. The van der Waals surface area contributed by atoms with Gasteiger partial charge in [-0.25, -0.2) is 8.42 Å². The van der Waals surface area contributed by atoms with Crippen molar-refractivity contribution in [2.75, 3.05) is 32.8 Å². The summed E-state index contributed by atoms with van der Waals surface area (Å²) in [5.41, 5.74) is 2.14. The van der Waals surface area contributed by atoms with Crippen LogP contribution in [-0.4, -0.2) is 50.4 Å². The van der Waals surface area contributed by atoms with E-state index < -0.39 is 10.0 Å². The van der Waals surface area contributed by atoms with Crippen molar-refractivity contribution in [1.82, 2.24) is 9.21 Å². The van der Waals surface area contributed by atoms with E-state index in [1.807, 2.05) is 25.1 Å². The van der Waals surface area contributed by atoms with Crippen LogP contribution in [0.15, 0.2) is 35.2 Å². The van der Waals surface area contributed by atoms with Crippen molar-refractivity contribution >= 4 is 21.4 Å². The number of hydrogen-bond acceptors (Lipinski definition) is 5. The molecular weight excluding hydrogens is 392 g/mol. The third kappa shape index (κ3) is 4.43. The molecule has 28 heavy (non-hydrogen) atoms. The molecule has 0 N–H and O–H groups in total. The Hall–Kier alpha value is -1.41. The summed E-state index contributed by atoms with van der Waals surface area (Å²) in [5.74, 6) is 0. The lowest BCUT2D eigenvalue weighted by atomic mass is 10.1. The lowest BCUT2D eigenvalue weighted by molar-refractivity contribution is 0.267. The van der Waals surface area contributed by atoms with E-state index in [4.69, 9.17) is 4.74 Å². The highest BCUT2D eigenvalue weighted by Gasteiger charge is 2.29. The van der Waals surface area contributed by atoms with Gasteiger partial charge in [0.1, 0.15) is 0 Å². The van der Waals surface area contributed by atoms with Gasteiger partial charge in [-0.15, -0.1) is 11.3 Å². The molecule has 4 rings (SSSR count). The minimum Gasteiger partial charge on any atom is -0.484 e. The summed E-state index contributed by atoms with van der Waals surface area (Å²) in [6.07, 6.45) is 4.43. The largest absolute Gasteiger partial charge is 0.484 e. The molecule has 0 amide bonds. The predicted octanol–water partition coefficient (Wildman–Crippen LogP) is 3.67. The number of aryl methyl sites for hydroxylation is 1. The van der Waals surface area contributed by atoms with Crippen molar-refractivity contribution < 1.29 is 13.2 Å². The molecule has 1 saturated heterocycles. The first-order chi connectivity index (χ1) is 13.5. The molecule has 152 valence electrons. The number of ether oxygens (including phenoxy) is 1. The summed E-state index contributed by atoms with van der Waals surface area (Å²) >= 11 is 1.67. The Balaban J connectivity index is 1.35. The Kier molecular flexibility index (Phi) is 6.06. The molecule has 0 saturated carbocycles. The molecule has 1 aromatic carbocycles. The molecule has 5 nitrogen and oxygen atoms in total. The normalized spacial score (nSPS) is 18.3. The van der Waals surface area contributed by atoms with Crippen LogP contribution in [0, 0.1) is 6.92 Å². The zero-order chi connectivity index (χ0) is 19.6. The average molecular weight is 421 g/mol. The first-order valence-corrected chi connectivity index (χ1v) is 12.3. The molecule has 2 aliphatic rings. The van der Waals surface area contributed by atoms with Gasteiger partial charge < -0.3 is 9.64 Å². The van der Waals surface area contributed by atoms with Crippen molar-refractivity contribution in [2.24, 2.45) is 0 Å². The lowest BCUT2D eigenvalue weighted by Crippen LogP contribution is -2.35. The highest BCUT2D eigenvalue weighted by molar-refractivity contribution is 7.89. The number of fused-ring (bicyclic) bond motifs is 1. The Morgan fingerprint density at radius 2 is 1.86 bits per heavy atom. The SMILES string of the molecule is Cc1ccc(S(=O)(=O)N2CCc3sc(OCCCN4CCCC4)cc3C2)cc1. The molecule has 3 heterocycles. The van der Waals surface area contributed by atoms with E-state index in [2.05, 4.69) is 4.90 Å². The van der Waals surface area contributed by atoms with E-state index >= 15 is 0 Å². The second-order valence-corrected chi connectivity index (χ2v) is 10.7. The lowest BCUT2D eigenvalue weighted by Gasteiger charge is -2.26. The van der Waals surface area contributed by atoms with Gasteiger partial charge in [-0.3, -0.25) is 0 Å². The third-order valence-electron chi connectivity index (χ3n) is 5.53. The van der Waals surface area contributed by atoms with Gasteiger partial charge in [0.15, 0.2) is 5.06 Å². The van der Waals surface area contributed by atoms with Crippen molar-refractivity contribution in [2.45, 2.75) is 44.0 Å². The molecule has 2 aromatic rings. The van der Waals surface area contributed by atoms with Crippen LogP contribution < -0.4 is 4.74 Å². The van der Waals surface area contributed by atoms with E-state index in [0.717, 1.165) is 42.2 Å². The smallest absolute Gasteiger partial charge is 0.243 e. The fraction of sp³-hybridized carbons (Fsp3) is 0.524. The van der Waals surface area contributed by atoms with Gasteiger partial charge in [-0.2, -0.15) is 4.31 Å². The van der Waals surface area contributed by atoms with Crippen LogP contribution in [-0.2, 0) is 23.0 Å². The molecular formula is C21H28N2O3S2. The van der Waals surface area contributed by atoms with Gasteiger partial charge in [-0.05, 0) is 69.5 Å². The quantitative estimate of drug-likeness (QED) is 0.642. The highest BCUT2D eigenvalue weighted by atomic mass is 32.2. The van der Waals surface area contributed by atoms with Crippen LogP contribution in [0.3, 0.4) is 0 Å². The molecule has 1 aromatic heterocycles. The molecule has 2 aliphatic heterocycles. The fourth-order valence-corrected chi connectivity index (χ4v) is 6.34. The van der Waals surface area contributed by atoms with Crippen LogP contribution in [0.5, 0.6) is 5.06 Å². The third-order valence-corrected chi connectivity index (χ3v) is 8.54. The second kappa shape index (κ2) is 8.53. The summed E-state index contributed by atoms with van der Waals surface area (Å²) in [5, 5.41) is 0.918. The van der Waals surface area contributed by atoms with Crippen LogP contribution in [0.2, 0.25) is 0 Å². The summed E-state index contributed by atoms with van der Waals surface area (Å²) < 4.78 is 33.4. The zero-order valence-corrected chi connectivity index (χ0v) is 18.0. The standard InChI is InChI=1S/C21H28N2O3S2/c1-17-5-7-19(8-6-17)28(24,25)23-13-9-20-18(16-23)15-21(27-20)26-14-4-12-22-10-2-3-11-22/h5-8,15H,2-4,9-14,16H2,1H3. The van der Waals surface area contributed by atoms with Gasteiger partial charge in [0.2, 0.25) is 10.0 Å². The average Bonchev–Trinajstić information content (AvgIpc) is 3.34. The van der Waals surface area contributed by atoms with Crippen LogP contribution in [0.1, 0.15) is 35.3 Å². The second-order valence-electron chi connectivity index (χ2n) is 7.67. The number of benzene rings is 1. The number of thiophene rings is 1. The van der Waals surface area contributed by atoms with Crippen molar-refractivity contribution in [3.63, 3.8) is 0 Å². The molecule has 0 atom stereocenters. The Labute approximate surface area is 172 Å². The van der Waals surface area contributed by atoms with Crippen LogP contribution >= 0.6 is 11.3 Å². The van der Waals surface area contributed by atoms with E-state index in [0.29, 0.717) is 18.0 Å². The summed E-state index contributed by atoms with van der Waals surface area (Å²) in [4.78, 5) is 4.12. The Bertz CT molecular complexity index is 900. The molecule has 0 radical (unpaired) electrons. The van der Waals surface area contributed by atoms with E-state index in [1.54, 1.807) is 27.8 Å². The maximum atomic E-state index is 12.9. The minimum absolute atomic E-state index is 0.371. The maximum Gasteiger partial charge on any atom is 0.243 e. The topological polar surface area (TPSA) is 49.9 Å². The molecule has 0 spiro atoms. The van der Waals surface area contributed by atoms with Gasteiger partial charge in [-0.1, -0.05) is 17.7 Å². The van der Waals surface area contributed by atoms with Crippen molar-refractivity contribution in [3.8, 4) is 5.06 Å². The minimum atomic E-state index is -3.45. The summed E-state index contributed by atoms with van der Waals surface area (Å²) in [6.45, 7) is 7.19. The maximum absolute atomic E-state index is 12.9. The highest BCUT2D eigenvalue weighted by Crippen LogP contribution is 2.35. The molecule has 0 aliphatic carbocycles. The number of likely N-dealkylation sites (tertiary alicyclic amines) is 1. The van der Waals surface area contributed by atoms with Crippen molar-refractivity contribution in [3.05, 3.63) is 46.3 Å². The Morgan fingerprint density at radius 3 is 2.61 bits per heavy atom. The first-order valence-electron chi connectivity index (χ1n) is 10.1. The molecule has 0 bridgehead atoms. The monoisotopic (exact) mass is 420 g/mol. The number of hydrogen-bond donors (Lipinski definition) is 0. The van der Waals surface area contributed by atoms with E-state index in [9.17, 15) is 8.42 Å². The van der Waals surface area contributed by atoms with Crippen LogP contribution in [0.4, 0.5) is 0 Å². The number of rotatable bonds is 7. The van der Waals surface area contributed by atoms with Gasteiger partial charge in [0, 0.05) is 24.5 Å². The summed E-state index contributed by atoms with van der Waals surface area (Å²) in [6, 6.07) is 9.12. The van der Waals surface area contributed by atoms with E-state index in [1.165, 1.54) is 30.8 Å². The van der Waals surface area contributed by atoms with Crippen molar-refractivity contribution in [1.29, 1.82) is 0 Å². The molecule has 1 fully saturated rings. The van der Waals surface area contributed by atoms with Gasteiger partial charge in [0.05, 0.1) is 11.5 Å². The number of nitrogens with zero attached hydrogens (tertiary/aromatic N) is 2. The van der Waals surface area contributed by atoms with E-state index in [-0.39, 0.29) is 0 Å². The fourth-order valence-electron chi connectivity index (χ4n) is 3.88. The molecule has 0 unspecified atom stereocenters. The van der Waals surface area contributed by atoms with Gasteiger partial charge >= 0.3 is 0 Å².